The molecule has 0 radical (unpaired) electrons. The maximum Gasteiger partial charge on any atom is 0.330 e. The van der Waals surface area contributed by atoms with Gasteiger partial charge in [0.05, 0.1) is 24.8 Å². The zero-order chi connectivity index (χ0) is 51.2. The summed E-state index contributed by atoms with van der Waals surface area (Å²) >= 11 is 1.30. The number of para-hydroxylation sites is 1. The number of carbonyl (C=O) groups excluding carboxylic acids is 5. The molecule has 0 bridgehead atoms. The maximum absolute atomic E-state index is 13.3. The van der Waals surface area contributed by atoms with Crippen molar-refractivity contribution >= 4 is 69.2 Å². The zero-order valence-electron chi connectivity index (χ0n) is 42.8. The molecule has 0 aliphatic heterocycles. The number of carbonyl (C=O) groups is 5. The number of imidazole rings is 1. The van der Waals surface area contributed by atoms with Gasteiger partial charge in [0, 0.05) is 62.8 Å². The van der Waals surface area contributed by atoms with E-state index in [2.05, 4.69) is 44.1 Å². The van der Waals surface area contributed by atoms with E-state index in [-0.39, 0.29) is 43.5 Å². The number of anilines is 1. The minimum atomic E-state index is -1.32. The molecular weight excluding hydrogens is 923 g/mol. The maximum atomic E-state index is 13.3. The van der Waals surface area contributed by atoms with E-state index in [0.717, 1.165) is 79.0 Å². The summed E-state index contributed by atoms with van der Waals surface area (Å²) in [5, 5.41) is 18.8. The lowest BCUT2D eigenvalue weighted by Gasteiger charge is -2.22. The number of nitrogens with one attached hydrogen (secondary N) is 3. The van der Waals surface area contributed by atoms with E-state index in [4.69, 9.17) is 20.2 Å². The van der Waals surface area contributed by atoms with Gasteiger partial charge in [0.1, 0.15) is 30.1 Å². The van der Waals surface area contributed by atoms with Crippen molar-refractivity contribution in [2.75, 3.05) is 44.7 Å². The summed E-state index contributed by atoms with van der Waals surface area (Å²) in [5.41, 5.74) is 10.9. The molecule has 2 aromatic heterocycles. The van der Waals surface area contributed by atoms with Crippen LogP contribution in [0.25, 0.3) is 21.9 Å². The number of methoxy groups -OCH3 is 2. The number of esters is 2. The third-order valence-electron chi connectivity index (χ3n) is 12.6. The fourth-order valence-corrected chi connectivity index (χ4v) is 9.44. The highest BCUT2D eigenvalue weighted by molar-refractivity contribution is 7.99. The SMILES string of the molecule is CCCCCCCCCCCCCCCC(=O)OC[C@H](CSCC(NC(=O)CCCC(=O)NCc1ccc(Cn2c(CCCC)nc3c(N)nc4ccccc4c32)cc1)C(=O)N[C@@H](CO)C(=O)OC)OC. The van der Waals surface area contributed by atoms with Gasteiger partial charge in [-0.3, -0.25) is 19.2 Å². The normalized spacial score (nSPS) is 12.6. The van der Waals surface area contributed by atoms with Gasteiger partial charge < -0.3 is 45.6 Å². The lowest BCUT2D eigenvalue weighted by Crippen LogP contribution is -2.54. The van der Waals surface area contributed by atoms with Crippen LogP contribution in [0.2, 0.25) is 0 Å². The summed E-state index contributed by atoms with van der Waals surface area (Å²) in [7, 11) is 2.65. The Morgan fingerprint density at radius 3 is 2.00 bits per heavy atom. The summed E-state index contributed by atoms with van der Waals surface area (Å²) in [4.78, 5) is 73.5. The van der Waals surface area contributed by atoms with Crippen molar-refractivity contribution < 1.29 is 43.3 Å². The smallest absolute Gasteiger partial charge is 0.330 e. The average Bonchev–Trinajstić information content (AvgIpc) is 3.74. The van der Waals surface area contributed by atoms with Gasteiger partial charge in [-0.1, -0.05) is 140 Å². The fourth-order valence-electron chi connectivity index (χ4n) is 8.33. The first-order valence-corrected chi connectivity index (χ1v) is 27.1. The van der Waals surface area contributed by atoms with Crippen LogP contribution >= 0.6 is 11.8 Å². The number of aryl methyl sites for hydroxylation is 1. The van der Waals surface area contributed by atoms with Gasteiger partial charge in [-0.25, -0.2) is 14.8 Å². The number of amides is 3. The molecule has 17 heteroatoms. The molecule has 0 fully saturated rings. The highest BCUT2D eigenvalue weighted by Gasteiger charge is 2.28. The second-order valence-electron chi connectivity index (χ2n) is 18.3. The molecule has 6 N–H and O–H groups in total. The third-order valence-corrected chi connectivity index (χ3v) is 13.8. The van der Waals surface area contributed by atoms with Gasteiger partial charge >= 0.3 is 11.9 Å². The van der Waals surface area contributed by atoms with E-state index in [0.29, 0.717) is 36.6 Å². The van der Waals surface area contributed by atoms with E-state index in [1.165, 1.54) is 83.1 Å². The number of unbranched alkanes of at least 4 members (excludes halogenated alkanes) is 13. The number of pyridine rings is 1. The van der Waals surface area contributed by atoms with Crippen molar-refractivity contribution in [1.82, 2.24) is 30.5 Å². The Morgan fingerprint density at radius 2 is 1.35 bits per heavy atom. The van der Waals surface area contributed by atoms with Crippen LogP contribution in [-0.4, -0.2) is 106 Å². The quantitative estimate of drug-likeness (QED) is 0.0212. The zero-order valence-corrected chi connectivity index (χ0v) is 43.6. The van der Waals surface area contributed by atoms with Crippen LogP contribution in [-0.2, 0) is 57.7 Å². The largest absolute Gasteiger partial charge is 0.467 e. The van der Waals surface area contributed by atoms with E-state index < -0.39 is 42.6 Å². The van der Waals surface area contributed by atoms with Crippen LogP contribution in [0.5, 0.6) is 0 Å². The second-order valence-corrected chi connectivity index (χ2v) is 19.4. The van der Waals surface area contributed by atoms with Crippen molar-refractivity contribution in [3.05, 3.63) is 65.5 Å². The number of nitrogen functional groups attached to an aromatic ring is 1. The Morgan fingerprint density at radius 1 is 0.718 bits per heavy atom. The van der Waals surface area contributed by atoms with Crippen LogP contribution in [0.3, 0.4) is 0 Å². The first-order chi connectivity index (χ1) is 34.5. The molecule has 392 valence electrons. The highest BCUT2D eigenvalue weighted by Crippen LogP contribution is 2.30. The molecule has 16 nitrogen and oxygen atoms in total. The molecular formula is C54H81N7O9S. The van der Waals surface area contributed by atoms with E-state index in [9.17, 15) is 29.1 Å². The predicted molar refractivity (Wildman–Crippen MR) is 282 cm³/mol. The molecule has 0 saturated carbocycles. The molecule has 3 atom stereocenters. The van der Waals surface area contributed by atoms with Crippen LogP contribution in [0.1, 0.15) is 153 Å². The number of ether oxygens (including phenoxy) is 3. The van der Waals surface area contributed by atoms with E-state index >= 15 is 0 Å². The standard InChI is InChI=1S/C54H81N7O9S/c1-5-7-9-10-11-12-13-14-15-16-17-18-19-28-49(65)70-36-41(68-3)37-71-38-45(53(66)59-44(35-62)54(67)69-4)57-48(64)27-22-26-47(63)56-33-39-29-31-40(32-30-39)34-61-46(25-8-6-2)60-50-51(61)42-23-20-21-24-43(42)58-52(50)55/h20-21,23-24,29-32,41,44-45,62H,5-19,22,25-28,33-38H2,1-4H3,(H2,55,58)(H,56,63)(H,57,64)(H,59,66)/t41-,44+,45?/m1/s1. The van der Waals surface area contributed by atoms with Crippen molar-refractivity contribution in [3.63, 3.8) is 0 Å². The van der Waals surface area contributed by atoms with Crippen molar-refractivity contribution in [2.45, 2.75) is 174 Å². The molecule has 4 aromatic rings. The topological polar surface area (TPSA) is 226 Å². The number of fused-ring (bicyclic) bond motifs is 3. The molecule has 0 aliphatic rings. The number of benzene rings is 2. The van der Waals surface area contributed by atoms with Gasteiger partial charge in [0.25, 0.3) is 0 Å². The lowest BCUT2D eigenvalue weighted by molar-refractivity contribution is -0.147. The summed E-state index contributed by atoms with van der Waals surface area (Å²) < 4.78 is 18.0. The Labute approximate surface area is 425 Å². The number of aliphatic hydroxyl groups excluding tert-OH is 1. The molecule has 71 heavy (non-hydrogen) atoms. The Kier molecular flexibility index (Phi) is 27.4. The number of nitrogens with two attached hydrogens (primary N) is 1. The van der Waals surface area contributed by atoms with Gasteiger partial charge in [0.2, 0.25) is 17.7 Å². The van der Waals surface area contributed by atoms with E-state index in [1.54, 1.807) is 0 Å². The van der Waals surface area contributed by atoms with Crippen molar-refractivity contribution in [1.29, 1.82) is 0 Å². The first-order valence-electron chi connectivity index (χ1n) is 25.9. The number of hydrogen-bond donors (Lipinski definition) is 5. The minimum absolute atomic E-state index is 0.0347. The summed E-state index contributed by atoms with van der Waals surface area (Å²) in [6.07, 6.45) is 18.9. The van der Waals surface area contributed by atoms with Crippen molar-refractivity contribution in [2.24, 2.45) is 0 Å². The van der Waals surface area contributed by atoms with Crippen LogP contribution in [0, 0.1) is 0 Å². The van der Waals surface area contributed by atoms with Crippen molar-refractivity contribution in [3.8, 4) is 0 Å². The number of thioether (sulfide) groups is 1. The molecule has 2 aromatic carbocycles. The number of rotatable bonds is 37. The number of nitrogens with zero attached hydrogens (tertiary/aromatic N) is 3. The number of aromatic nitrogens is 3. The highest BCUT2D eigenvalue weighted by atomic mass is 32.2. The third kappa shape index (κ3) is 20.8. The van der Waals surface area contributed by atoms with Gasteiger partial charge in [-0.2, -0.15) is 11.8 Å². The second kappa shape index (κ2) is 33.4. The Bertz CT molecular complexity index is 2240. The summed E-state index contributed by atoms with van der Waals surface area (Å²) in [6.45, 7) is 4.64. The molecule has 4 rings (SSSR count). The van der Waals surface area contributed by atoms with Crippen LogP contribution < -0.4 is 21.7 Å². The molecule has 2 heterocycles. The molecule has 0 aliphatic carbocycles. The predicted octanol–water partition coefficient (Wildman–Crippen LogP) is 8.25. The van der Waals surface area contributed by atoms with Crippen LogP contribution in [0.4, 0.5) is 5.82 Å². The van der Waals surface area contributed by atoms with Gasteiger partial charge in [-0.15, -0.1) is 0 Å². The summed E-state index contributed by atoms with van der Waals surface area (Å²) in [5.74, 6) is -0.689. The van der Waals surface area contributed by atoms with Gasteiger partial charge in [0.15, 0.2) is 11.9 Å². The molecule has 3 amide bonds. The molecule has 0 saturated heterocycles. The number of hydrogen-bond acceptors (Lipinski definition) is 13. The lowest BCUT2D eigenvalue weighted by atomic mass is 10.0. The number of aliphatic hydroxyl groups is 1. The fraction of sp³-hybridized carbons (Fsp3) is 0.611. The first kappa shape index (κ1) is 58.3. The average molecular weight is 1000 g/mol. The summed E-state index contributed by atoms with van der Waals surface area (Å²) in [6, 6.07) is 13.6. The minimum Gasteiger partial charge on any atom is -0.467 e. The monoisotopic (exact) mass is 1000 g/mol. The molecule has 0 spiro atoms. The molecule has 1 unspecified atom stereocenters. The van der Waals surface area contributed by atoms with E-state index in [1.807, 2.05) is 48.5 Å². The van der Waals surface area contributed by atoms with Crippen LogP contribution in [0.15, 0.2) is 48.5 Å². The Balaban J connectivity index is 1.19. The van der Waals surface area contributed by atoms with Gasteiger partial charge in [-0.05, 0) is 36.5 Å². The Hall–Kier alpha value is -5.26.